The third-order valence-corrected chi connectivity index (χ3v) is 6.85. The highest BCUT2D eigenvalue weighted by Crippen LogP contribution is 2.50. The fourth-order valence-electron chi connectivity index (χ4n) is 3.77. The molecule has 4 nitrogen and oxygen atoms in total. The third kappa shape index (κ3) is 3.63. The molecule has 6 heteroatoms. The smallest absolute Gasteiger partial charge is 0.337 e. The highest BCUT2D eigenvalue weighted by atomic mass is 79.9. The van der Waals surface area contributed by atoms with Crippen molar-refractivity contribution in [2.45, 2.75) is 12.8 Å². The molecule has 0 spiro atoms. The zero-order valence-corrected chi connectivity index (χ0v) is 20.3. The normalized spacial score (nSPS) is 14.4. The number of carbonyl (C=O) groups is 1. The molecule has 3 aromatic carbocycles. The molecule has 0 fully saturated rings. The number of ether oxygens (including phenoxy) is 2. The number of esters is 1. The third-order valence-electron chi connectivity index (χ3n) is 5.36. The molecule has 30 heavy (non-hydrogen) atoms. The highest BCUT2D eigenvalue weighted by molar-refractivity contribution is 9.10. The summed E-state index contributed by atoms with van der Waals surface area (Å²) < 4.78 is 13.2. The van der Waals surface area contributed by atoms with Crippen molar-refractivity contribution >= 4 is 43.5 Å². The number of anilines is 1. The van der Waals surface area contributed by atoms with Crippen molar-refractivity contribution in [1.29, 1.82) is 0 Å². The Hall–Kier alpha value is -2.31. The number of methoxy groups -OCH3 is 1. The second kappa shape index (κ2) is 8.08. The maximum Gasteiger partial charge on any atom is 0.337 e. The van der Waals surface area contributed by atoms with Crippen molar-refractivity contribution in [3.05, 3.63) is 85.3 Å². The van der Waals surface area contributed by atoms with Gasteiger partial charge in [-0.1, -0.05) is 28.1 Å². The van der Waals surface area contributed by atoms with Crippen LogP contribution in [0.3, 0.4) is 0 Å². The van der Waals surface area contributed by atoms with Crippen LogP contribution in [0, 0.1) is 6.92 Å². The number of hydrogen-bond donors (Lipinski definition) is 0. The Morgan fingerprint density at radius 1 is 0.967 bits per heavy atom. The summed E-state index contributed by atoms with van der Waals surface area (Å²) in [6.07, 6.45) is 0. The van der Waals surface area contributed by atoms with Crippen molar-refractivity contribution in [3.8, 4) is 11.5 Å². The van der Waals surface area contributed by atoms with E-state index >= 15 is 0 Å². The highest BCUT2D eigenvalue weighted by Gasteiger charge is 2.31. The molecule has 1 heterocycles. The first-order valence-electron chi connectivity index (χ1n) is 9.47. The molecule has 154 valence electrons. The van der Waals surface area contributed by atoms with E-state index in [0.29, 0.717) is 5.56 Å². The van der Waals surface area contributed by atoms with Gasteiger partial charge in [0.15, 0.2) is 0 Å². The zero-order chi connectivity index (χ0) is 21.6. The minimum Gasteiger partial charge on any atom is -0.465 e. The summed E-state index contributed by atoms with van der Waals surface area (Å²) in [6.45, 7) is 2.05. The average Bonchev–Trinajstić information content (AvgIpc) is 2.72. The summed E-state index contributed by atoms with van der Waals surface area (Å²) in [5, 5.41) is 0. The lowest BCUT2D eigenvalue weighted by atomic mass is 9.82. The van der Waals surface area contributed by atoms with Crippen LogP contribution in [0.25, 0.3) is 0 Å². The van der Waals surface area contributed by atoms with Gasteiger partial charge in [0.2, 0.25) is 0 Å². The first-order valence-corrected chi connectivity index (χ1v) is 11.1. The van der Waals surface area contributed by atoms with Gasteiger partial charge in [-0.15, -0.1) is 0 Å². The van der Waals surface area contributed by atoms with Gasteiger partial charge in [0.1, 0.15) is 11.5 Å². The van der Waals surface area contributed by atoms with Gasteiger partial charge in [-0.25, -0.2) is 4.79 Å². The van der Waals surface area contributed by atoms with Crippen LogP contribution >= 0.6 is 31.9 Å². The van der Waals surface area contributed by atoms with E-state index in [1.807, 2.05) is 38.4 Å². The predicted octanol–water partition coefficient (Wildman–Crippen LogP) is 6.66. The van der Waals surface area contributed by atoms with Gasteiger partial charge in [-0.05, 0) is 64.3 Å². The van der Waals surface area contributed by atoms with Gasteiger partial charge in [-0.2, -0.15) is 0 Å². The van der Waals surface area contributed by atoms with Gasteiger partial charge in [0, 0.05) is 46.2 Å². The number of nitrogens with zero attached hydrogens (tertiary/aromatic N) is 1. The Balaban J connectivity index is 1.92. The largest absolute Gasteiger partial charge is 0.465 e. The quantitative estimate of drug-likeness (QED) is 0.278. The van der Waals surface area contributed by atoms with E-state index in [0.717, 1.165) is 48.4 Å². The summed E-state index contributed by atoms with van der Waals surface area (Å²) >= 11 is 7.38. The maximum atomic E-state index is 11.9. The summed E-state index contributed by atoms with van der Waals surface area (Å²) in [5.41, 5.74) is 5.92. The Bertz CT molecular complexity index is 1140. The molecule has 3 aromatic rings. The molecule has 0 saturated carbocycles. The first-order chi connectivity index (χ1) is 14.3. The van der Waals surface area contributed by atoms with Crippen molar-refractivity contribution in [2.24, 2.45) is 0 Å². The molecule has 1 unspecified atom stereocenters. The lowest BCUT2D eigenvalue weighted by Gasteiger charge is -2.31. The van der Waals surface area contributed by atoms with E-state index in [1.54, 1.807) is 0 Å². The maximum absolute atomic E-state index is 11.9. The van der Waals surface area contributed by atoms with Crippen molar-refractivity contribution in [2.75, 3.05) is 26.1 Å². The topological polar surface area (TPSA) is 38.8 Å². The molecular formula is C24H21Br2NO3. The number of benzene rings is 3. The Labute approximate surface area is 193 Å². The van der Waals surface area contributed by atoms with E-state index < -0.39 is 0 Å². The molecular weight excluding hydrogens is 510 g/mol. The van der Waals surface area contributed by atoms with Gasteiger partial charge in [-0.3, -0.25) is 0 Å². The average molecular weight is 531 g/mol. The second-order valence-corrected chi connectivity index (χ2v) is 9.23. The molecule has 0 amide bonds. The minimum atomic E-state index is -0.342. The fourth-order valence-corrected chi connectivity index (χ4v) is 4.85. The van der Waals surface area contributed by atoms with E-state index in [9.17, 15) is 4.79 Å². The van der Waals surface area contributed by atoms with Crippen molar-refractivity contribution in [1.82, 2.24) is 0 Å². The standard InChI is InChI=1S/C24H21Br2NO3/c1-13-9-21-16(10-18(13)25)23(14-5-7-15(8-6-14)24(28)29-4)17-11-19(26)20(27(2)3)12-22(17)30-21/h5-12,23H,1-4H3. The SMILES string of the molecule is COC(=O)c1ccc(C2c3cc(Br)c(C)cc3Oc3cc(N(C)C)c(Br)cc32)cc1. The van der Waals surface area contributed by atoms with Crippen molar-refractivity contribution < 1.29 is 14.3 Å². The molecule has 0 bridgehead atoms. The van der Waals surface area contributed by atoms with Crippen LogP contribution in [0.5, 0.6) is 11.5 Å². The minimum absolute atomic E-state index is 0.0279. The molecule has 1 aliphatic heterocycles. The zero-order valence-electron chi connectivity index (χ0n) is 17.1. The monoisotopic (exact) mass is 529 g/mol. The van der Waals surface area contributed by atoms with E-state index in [1.165, 1.54) is 7.11 Å². The Morgan fingerprint density at radius 3 is 2.17 bits per heavy atom. The molecule has 0 saturated heterocycles. The number of hydrogen-bond acceptors (Lipinski definition) is 4. The molecule has 1 atom stereocenters. The van der Waals surface area contributed by atoms with Gasteiger partial charge in [0.25, 0.3) is 0 Å². The predicted molar refractivity (Wildman–Crippen MR) is 126 cm³/mol. The number of carbonyl (C=O) groups excluding carboxylic acids is 1. The van der Waals surface area contributed by atoms with Crippen LogP contribution in [-0.2, 0) is 4.74 Å². The molecule has 4 rings (SSSR count). The van der Waals surface area contributed by atoms with Crippen LogP contribution in [0.1, 0.15) is 38.5 Å². The summed E-state index contributed by atoms with van der Waals surface area (Å²) in [5.74, 6) is 1.31. The van der Waals surface area contributed by atoms with Crippen LogP contribution in [0.2, 0.25) is 0 Å². The van der Waals surface area contributed by atoms with Gasteiger partial charge >= 0.3 is 5.97 Å². The number of aryl methyl sites for hydroxylation is 1. The Kier molecular flexibility index (Phi) is 5.64. The van der Waals surface area contributed by atoms with Crippen LogP contribution < -0.4 is 9.64 Å². The van der Waals surface area contributed by atoms with Gasteiger partial charge < -0.3 is 14.4 Å². The summed E-state index contributed by atoms with van der Waals surface area (Å²) in [4.78, 5) is 13.9. The Morgan fingerprint density at radius 2 is 1.57 bits per heavy atom. The van der Waals surface area contributed by atoms with E-state index in [4.69, 9.17) is 9.47 Å². The van der Waals surface area contributed by atoms with Crippen LogP contribution in [0.15, 0.2) is 57.5 Å². The molecule has 0 radical (unpaired) electrons. The first kappa shape index (κ1) is 20.9. The molecule has 0 aliphatic carbocycles. The lowest BCUT2D eigenvalue weighted by Crippen LogP contribution is -2.15. The second-order valence-electron chi connectivity index (χ2n) is 7.52. The molecule has 0 N–H and O–H groups in total. The van der Waals surface area contributed by atoms with E-state index in [-0.39, 0.29) is 11.9 Å². The lowest BCUT2D eigenvalue weighted by molar-refractivity contribution is 0.0600. The number of fused-ring (bicyclic) bond motifs is 2. The van der Waals surface area contributed by atoms with E-state index in [2.05, 4.69) is 67.9 Å². The number of halogens is 2. The summed E-state index contributed by atoms with van der Waals surface area (Å²) in [6, 6.07) is 16.0. The number of rotatable bonds is 3. The van der Waals surface area contributed by atoms with Crippen molar-refractivity contribution in [3.63, 3.8) is 0 Å². The van der Waals surface area contributed by atoms with Crippen LogP contribution in [0.4, 0.5) is 5.69 Å². The fraction of sp³-hybridized carbons (Fsp3) is 0.208. The molecule has 0 aromatic heterocycles. The van der Waals surface area contributed by atoms with Crippen LogP contribution in [-0.4, -0.2) is 27.2 Å². The summed E-state index contributed by atoms with van der Waals surface area (Å²) in [7, 11) is 5.40. The molecule has 1 aliphatic rings. The van der Waals surface area contributed by atoms with Gasteiger partial charge in [0.05, 0.1) is 18.4 Å².